The highest BCUT2D eigenvalue weighted by Gasteiger charge is 2.39. The zero-order chi connectivity index (χ0) is 27.0. The molecule has 5 rings (SSSR count). The molecule has 9 heteroatoms. The number of benzene rings is 3. The average Bonchev–Trinajstić information content (AvgIpc) is 3.32. The maximum Gasteiger partial charge on any atom is 0.417 e. The number of alkyl halides is 3. The zero-order valence-electron chi connectivity index (χ0n) is 21.0. The van der Waals surface area contributed by atoms with Gasteiger partial charge in [-0.1, -0.05) is 61.5 Å². The van der Waals surface area contributed by atoms with Gasteiger partial charge in [0.2, 0.25) is 0 Å². The van der Waals surface area contributed by atoms with Crippen LogP contribution < -0.4 is 10.9 Å². The standard InChI is InChI=1S/C29H27F3N4O2/c1-3-19-10-7-8-14-22(19)34-28(38)36(18(2)20-11-5-4-6-12-20)24-16-17-35-26(24)33-23-15-9-13-21(29(30,31)32)25(23)27(35)37/h4-15,18,24H,3,16-17H2,1-2H3,(H,34,38)/t18-,24?/m0/s1. The molecule has 1 aliphatic heterocycles. The monoisotopic (exact) mass is 520 g/mol. The normalized spacial score (nSPS) is 15.8. The molecule has 0 spiro atoms. The van der Waals surface area contributed by atoms with Crippen molar-refractivity contribution in [3.63, 3.8) is 0 Å². The second-order valence-electron chi connectivity index (χ2n) is 9.36. The second kappa shape index (κ2) is 9.96. The third-order valence-electron chi connectivity index (χ3n) is 7.15. The Labute approximate surface area is 217 Å². The largest absolute Gasteiger partial charge is 0.417 e. The number of nitrogens with zero attached hydrogens (tertiary/aromatic N) is 3. The lowest BCUT2D eigenvalue weighted by Gasteiger charge is -2.34. The number of amides is 2. The Hall–Kier alpha value is -4.14. The molecule has 2 atom stereocenters. The fourth-order valence-corrected chi connectivity index (χ4v) is 5.24. The Morgan fingerprint density at radius 1 is 1.08 bits per heavy atom. The van der Waals surface area contributed by atoms with Crippen molar-refractivity contribution in [3.8, 4) is 0 Å². The van der Waals surface area contributed by atoms with E-state index in [1.54, 1.807) is 4.90 Å². The summed E-state index contributed by atoms with van der Waals surface area (Å²) in [5.41, 5.74) is 0.750. The van der Waals surface area contributed by atoms with Gasteiger partial charge in [0.25, 0.3) is 5.56 Å². The van der Waals surface area contributed by atoms with Gasteiger partial charge in [0.15, 0.2) is 0 Å². The van der Waals surface area contributed by atoms with Gasteiger partial charge < -0.3 is 10.2 Å². The Balaban J connectivity index is 1.62. The van der Waals surface area contributed by atoms with Crippen LogP contribution in [0.3, 0.4) is 0 Å². The minimum Gasteiger partial charge on any atom is -0.308 e. The highest BCUT2D eigenvalue weighted by molar-refractivity contribution is 5.91. The zero-order valence-corrected chi connectivity index (χ0v) is 21.0. The van der Waals surface area contributed by atoms with E-state index in [4.69, 9.17) is 0 Å². The summed E-state index contributed by atoms with van der Waals surface area (Å²) in [6.45, 7) is 4.05. The van der Waals surface area contributed by atoms with E-state index >= 15 is 0 Å². The third-order valence-corrected chi connectivity index (χ3v) is 7.15. The molecule has 0 fully saturated rings. The average molecular weight is 521 g/mol. The van der Waals surface area contributed by atoms with Crippen molar-refractivity contribution in [1.29, 1.82) is 0 Å². The van der Waals surface area contributed by atoms with Crippen LogP contribution in [0.5, 0.6) is 0 Å². The van der Waals surface area contributed by atoms with Gasteiger partial charge in [0.05, 0.1) is 28.6 Å². The number of aryl methyl sites for hydroxylation is 1. The lowest BCUT2D eigenvalue weighted by atomic mass is 10.0. The number of carbonyl (C=O) groups excluding carboxylic acids is 1. The molecule has 1 aliphatic rings. The highest BCUT2D eigenvalue weighted by Crippen LogP contribution is 2.38. The molecule has 6 nitrogen and oxygen atoms in total. The summed E-state index contributed by atoms with van der Waals surface area (Å²) in [5.74, 6) is 0.281. The Kier molecular flexibility index (Phi) is 6.69. The number of para-hydroxylation sites is 1. The van der Waals surface area contributed by atoms with Crippen molar-refractivity contribution in [2.75, 3.05) is 5.32 Å². The van der Waals surface area contributed by atoms with Gasteiger partial charge in [0.1, 0.15) is 5.82 Å². The first-order chi connectivity index (χ1) is 18.2. The van der Waals surface area contributed by atoms with Gasteiger partial charge in [-0.3, -0.25) is 9.36 Å². The van der Waals surface area contributed by atoms with Crippen LogP contribution in [0.1, 0.15) is 54.9 Å². The van der Waals surface area contributed by atoms with Crippen LogP contribution in [0.25, 0.3) is 10.9 Å². The molecule has 1 unspecified atom stereocenters. The van der Waals surface area contributed by atoms with Gasteiger partial charge >= 0.3 is 12.2 Å². The number of fused-ring (bicyclic) bond motifs is 2. The van der Waals surface area contributed by atoms with Crippen molar-refractivity contribution in [3.05, 3.63) is 106 Å². The number of hydrogen-bond acceptors (Lipinski definition) is 3. The maximum atomic E-state index is 13.9. The lowest BCUT2D eigenvalue weighted by Crippen LogP contribution is -2.40. The Morgan fingerprint density at radius 3 is 2.50 bits per heavy atom. The molecule has 0 aliphatic carbocycles. The van der Waals surface area contributed by atoms with Crippen molar-refractivity contribution in [2.24, 2.45) is 0 Å². The molecule has 196 valence electrons. The number of nitrogens with one attached hydrogen (secondary N) is 1. The number of aromatic nitrogens is 2. The molecule has 0 bridgehead atoms. The summed E-state index contributed by atoms with van der Waals surface area (Å²) < 4.78 is 42.3. The van der Waals surface area contributed by atoms with E-state index in [-0.39, 0.29) is 23.9 Å². The predicted octanol–water partition coefficient (Wildman–Crippen LogP) is 6.72. The number of urea groups is 1. The van der Waals surface area contributed by atoms with E-state index in [9.17, 15) is 22.8 Å². The van der Waals surface area contributed by atoms with Crippen molar-refractivity contribution in [1.82, 2.24) is 14.5 Å². The van der Waals surface area contributed by atoms with Gasteiger partial charge in [-0.05, 0) is 49.1 Å². The number of halogens is 3. The molecule has 2 heterocycles. The first kappa shape index (κ1) is 25.5. The minimum atomic E-state index is -4.69. The fourth-order valence-electron chi connectivity index (χ4n) is 5.24. The first-order valence-corrected chi connectivity index (χ1v) is 12.5. The molecule has 0 saturated heterocycles. The van der Waals surface area contributed by atoms with Crippen LogP contribution >= 0.6 is 0 Å². The van der Waals surface area contributed by atoms with E-state index in [0.29, 0.717) is 12.1 Å². The number of anilines is 1. The maximum absolute atomic E-state index is 13.9. The third kappa shape index (κ3) is 4.53. The molecule has 38 heavy (non-hydrogen) atoms. The summed E-state index contributed by atoms with van der Waals surface area (Å²) in [7, 11) is 0. The van der Waals surface area contributed by atoms with E-state index in [0.717, 1.165) is 23.6 Å². The topological polar surface area (TPSA) is 67.2 Å². The smallest absolute Gasteiger partial charge is 0.308 e. The first-order valence-electron chi connectivity index (χ1n) is 12.5. The predicted molar refractivity (Wildman–Crippen MR) is 140 cm³/mol. The Morgan fingerprint density at radius 2 is 1.79 bits per heavy atom. The van der Waals surface area contributed by atoms with Gasteiger partial charge in [0, 0.05) is 12.2 Å². The van der Waals surface area contributed by atoms with Crippen LogP contribution in [0, 0.1) is 0 Å². The molecule has 0 saturated carbocycles. The molecule has 1 N–H and O–H groups in total. The Bertz CT molecular complexity index is 1550. The number of rotatable bonds is 5. The summed E-state index contributed by atoms with van der Waals surface area (Å²) >= 11 is 0. The fraction of sp³-hybridized carbons (Fsp3) is 0.276. The summed E-state index contributed by atoms with van der Waals surface area (Å²) in [4.78, 5) is 33.4. The summed E-state index contributed by atoms with van der Waals surface area (Å²) in [6.07, 6.45) is -3.62. The second-order valence-corrected chi connectivity index (χ2v) is 9.36. The lowest BCUT2D eigenvalue weighted by molar-refractivity contribution is -0.136. The van der Waals surface area contributed by atoms with Gasteiger partial charge in [-0.2, -0.15) is 13.2 Å². The quantitative estimate of drug-likeness (QED) is 0.318. The van der Waals surface area contributed by atoms with Crippen LogP contribution in [0.15, 0.2) is 77.6 Å². The van der Waals surface area contributed by atoms with E-state index < -0.39 is 34.8 Å². The summed E-state index contributed by atoms with van der Waals surface area (Å²) in [5, 5.41) is 2.57. The molecular weight excluding hydrogens is 493 g/mol. The number of carbonyl (C=O) groups is 1. The van der Waals surface area contributed by atoms with Crippen molar-refractivity contribution in [2.45, 2.75) is 51.5 Å². The van der Waals surface area contributed by atoms with Crippen LogP contribution in [0.2, 0.25) is 0 Å². The number of hydrogen-bond donors (Lipinski definition) is 1. The van der Waals surface area contributed by atoms with E-state index in [1.807, 2.05) is 68.4 Å². The van der Waals surface area contributed by atoms with Crippen molar-refractivity contribution >= 4 is 22.6 Å². The minimum absolute atomic E-state index is 0.0352. The molecular formula is C29H27F3N4O2. The van der Waals surface area contributed by atoms with Crippen LogP contribution in [-0.4, -0.2) is 20.5 Å². The van der Waals surface area contributed by atoms with Crippen LogP contribution in [-0.2, 0) is 19.1 Å². The summed E-state index contributed by atoms with van der Waals surface area (Å²) in [6, 6.07) is 19.1. The highest BCUT2D eigenvalue weighted by atomic mass is 19.4. The van der Waals surface area contributed by atoms with Crippen molar-refractivity contribution < 1.29 is 18.0 Å². The molecule has 2 amide bonds. The van der Waals surface area contributed by atoms with Crippen LogP contribution in [0.4, 0.5) is 23.7 Å². The molecule has 0 radical (unpaired) electrons. The molecule has 1 aromatic heterocycles. The van der Waals surface area contributed by atoms with Gasteiger partial charge in [-0.15, -0.1) is 0 Å². The SMILES string of the molecule is CCc1ccccc1NC(=O)N(C1CCn2c1nc1cccc(C(F)(F)F)c1c2=O)[C@@H](C)c1ccccc1. The van der Waals surface area contributed by atoms with Gasteiger partial charge in [-0.25, -0.2) is 9.78 Å². The molecule has 3 aromatic carbocycles. The van der Waals surface area contributed by atoms with E-state index in [1.165, 1.54) is 16.7 Å². The molecule has 4 aromatic rings. The van der Waals surface area contributed by atoms with E-state index in [2.05, 4.69) is 10.3 Å².